The van der Waals surface area contributed by atoms with Crippen LogP contribution in [0.1, 0.15) is 12.5 Å². The molecule has 0 amide bonds. The van der Waals surface area contributed by atoms with Gasteiger partial charge in [-0.2, -0.15) is 13.2 Å². The van der Waals surface area contributed by atoms with E-state index >= 15 is 0 Å². The molecular formula is C11H9BrF3N3. The highest BCUT2D eigenvalue weighted by molar-refractivity contribution is 9.10. The Hall–Kier alpha value is -1.37. The molecular weight excluding hydrogens is 311 g/mol. The van der Waals surface area contributed by atoms with E-state index in [0.717, 1.165) is 6.07 Å². The molecule has 0 aliphatic heterocycles. The molecule has 18 heavy (non-hydrogen) atoms. The quantitative estimate of drug-likeness (QED) is 0.844. The monoisotopic (exact) mass is 319 g/mol. The summed E-state index contributed by atoms with van der Waals surface area (Å²) in [4.78, 5) is 0. The van der Waals surface area contributed by atoms with Crippen molar-refractivity contribution in [3.63, 3.8) is 0 Å². The number of hydrogen-bond donors (Lipinski definition) is 0. The summed E-state index contributed by atoms with van der Waals surface area (Å²) in [5, 5.41) is 7.41. The minimum absolute atomic E-state index is 0.0325. The van der Waals surface area contributed by atoms with Gasteiger partial charge in [0.15, 0.2) is 5.82 Å². The van der Waals surface area contributed by atoms with E-state index in [9.17, 15) is 13.2 Å². The van der Waals surface area contributed by atoms with Gasteiger partial charge in [-0.05, 0) is 25.1 Å². The number of hydrogen-bond acceptors (Lipinski definition) is 2. The zero-order chi connectivity index (χ0) is 13.3. The van der Waals surface area contributed by atoms with Gasteiger partial charge < -0.3 is 4.57 Å². The molecule has 0 unspecified atom stereocenters. The third kappa shape index (κ3) is 2.40. The van der Waals surface area contributed by atoms with Gasteiger partial charge in [-0.3, -0.25) is 0 Å². The van der Waals surface area contributed by atoms with Gasteiger partial charge in [-0.1, -0.05) is 15.9 Å². The predicted octanol–water partition coefficient (Wildman–Crippen LogP) is 3.75. The number of aromatic nitrogens is 3. The molecule has 0 radical (unpaired) electrons. The summed E-state index contributed by atoms with van der Waals surface area (Å²) in [7, 11) is 0. The summed E-state index contributed by atoms with van der Waals surface area (Å²) < 4.78 is 40.9. The minimum Gasteiger partial charge on any atom is -0.314 e. The van der Waals surface area contributed by atoms with Crippen LogP contribution in [0.25, 0.3) is 11.4 Å². The smallest absolute Gasteiger partial charge is 0.314 e. The molecule has 3 nitrogen and oxygen atoms in total. The average Bonchev–Trinajstić information content (AvgIpc) is 2.75. The predicted molar refractivity (Wildman–Crippen MR) is 63.8 cm³/mol. The topological polar surface area (TPSA) is 30.7 Å². The summed E-state index contributed by atoms with van der Waals surface area (Å²) in [6.07, 6.45) is -3.01. The molecule has 1 aromatic heterocycles. The Morgan fingerprint density at radius 2 is 2.06 bits per heavy atom. The maximum atomic E-state index is 13.0. The first kappa shape index (κ1) is 13.1. The van der Waals surface area contributed by atoms with Gasteiger partial charge in [0.25, 0.3) is 0 Å². The number of nitrogens with zero attached hydrogens (tertiary/aromatic N) is 3. The van der Waals surface area contributed by atoms with E-state index in [-0.39, 0.29) is 11.4 Å². The van der Waals surface area contributed by atoms with E-state index in [1.165, 1.54) is 12.4 Å². The summed E-state index contributed by atoms with van der Waals surface area (Å²) in [6.45, 7) is 2.33. The lowest BCUT2D eigenvalue weighted by Crippen LogP contribution is -2.09. The van der Waals surface area contributed by atoms with Crippen molar-refractivity contribution in [3.05, 3.63) is 34.6 Å². The highest BCUT2D eigenvalue weighted by atomic mass is 79.9. The molecule has 0 fully saturated rings. The second-order valence-electron chi connectivity index (χ2n) is 3.63. The van der Waals surface area contributed by atoms with Gasteiger partial charge in [0.2, 0.25) is 0 Å². The summed E-state index contributed by atoms with van der Waals surface area (Å²) in [5.41, 5.74) is -0.690. The van der Waals surface area contributed by atoms with Crippen LogP contribution < -0.4 is 0 Å². The lowest BCUT2D eigenvalue weighted by atomic mass is 10.1. The molecule has 0 saturated heterocycles. The standard InChI is InChI=1S/C11H9BrF3N3/c1-2-18-6-16-17-10(18)8-4-3-7(12)5-9(8)11(13,14)15/h3-6H,2H2,1H3. The van der Waals surface area contributed by atoms with Crippen LogP contribution in [0.15, 0.2) is 29.0 Å². The fourth-order valence-corrected chi connectivity index (χ4v) is 2.00. The molecule has 96 valence electrons. The molecule has 0 aliphatic rings. The highest BCUT2D eigenvalue weighted by Crippen LogP contribution is 2.37. The Bertz CT molecular complexity index is 563. The third-order valence-electron chi connectivity index (χ3n) is 2.48. The Balaban J connectivity index is 2.65. The molecule has 0 bridgehead atoms. The Morgan fingerprint density at radius 3 is 2.67 bits per heavy atom. The second-order valence-corrected chi connectivity index (χ2v) is 4.54. The lowest BCUT2D eigenvalue weighted by molar-refractivity contribution is -0.137. The Labute approximate surface area is 110 Å². The van der Waals surface area contributed by atoms with Crippen molar-refractivity contribution in [2.45, 2.75) is 19.6 Å². The number of benzene rings is 1. The van der Waals surface area contributed by atoms with Crippen molar-refractivity contribution in [3.8, 4) is 11.4 Å². The highest BCUT2D eigenvalue weighted by Gasteiger charge is 2.35. The van der Waals surface area contributed by atoms with Gasteiger partial charge in [0, 0.05) is 16.6 Å². The SMILES string of the molecule is CCn1cnnc1-c1ccc(Br)cc1C(F)(F)F. The normalized spacial score (nSPS) is 11.8. The molecule has 0 atom stereocenters. The molecule has 2 aromatic rings. The van der Waals surface area contributed by atoms with Crippen molar-refractivity contribution in [2.75, 3.05) is 0 Å². The Morgan fingerprint density at radius 1 is 1.33 bits per heavy atom. The van der Waals surface area contributed by atoms with Gasteiger partial charge in [-0.25, -0.2) is 0 Å². The fraction of sp³-hybridized carbons (Fsp3) is 0.273. The number of aryl methyl sites for hydroxylation is 1. The van der Waals surface area contributed by atoms with Gasteiger partial charge >= 0.3 is 6.18 Å². The molecule has 0 saturated carbocycles. The number of rotatable bonds is 2. The van der Waals surface area contributed by atoms with E-state index in [4.69, 9.17) is 0 Å². The van der Waals surface area contributed by atoms with Crippen molar-refractivity contribution >= 4 is 15.9 Å². The first-order chi connectivity index (χ1) is 8.43. The van der Waals surface area contributed by atoms with Crippen molar-refractivity contribution in [1.82, 2.24) is 14.8 Å². The molecule has 1 heterocycles. The van der Waals surface area contributed by atoms with Crippen LogP contribution in [0, 0.1) is 0 Å². The molecule has 7 heteroatoms. The molecule has 1 aromatic carbocycles. The van der Waals surface area contributed by atoms with Crippen molar-refractivity contribution in [1.29, 1.82) is 0 Å². The van der Waals surface area contributed by atoms with E-state index in [2.05, 4.69) is 26.1 Å². The second kappa shape index (κ2) is 4.72. The minimum atomic E-state index is -4.43. The summed E-state index contributed by atoms with van der Waals surface area (Å²) in [6, 6.07) is 3.99. The summed E-state index contributed by atoms with van der Waals surface area (Å²) in [5.74, 6) is 0.220. The van der Waals surface area contributed by atoms with E-state index in [1.807, 2.05) is 6.92 Å². The van der Waals surface area contributed by atoms with Gasteiger partial charge in [0.05, 0.1) is 5.56 Å². The van der Waals surface area contributed by atoms with Crippen LogP contribution in [0.2, 0.25) is 0 Å². The zero-order valence-corrected chi connectivity index (χ0v) is 11.0. The van der Waals surface area contributed by atoms with E-state index in [1.54, 1.807) is 10.6 Å². The van der Waals surface area contributed by atoms with E-state index < -0.39 is 11.7 Å². The number of halogens is 4. The molecule has 0 aliphatic carbocycles. The first-order valence-corrected chi connectivity index (χ1v) is 5.97. The van der Waals surface area contributed by atoms with Gasteiger partial charge in [-0.15, -0.1) is 10.2 Å². The average molecular weight is 320 g/mol. The fourth-order valence-electron chi connectivity index (χ4n) is 1.64. The summed E-state index contributed by atoms with van der Waals surface area (Å²) >= 11 is 3.04. The van der Waals surface area contributed by atoms with Crippen LogP contribution in [0.5, 0.6) is 0 Å². The maximum absolute atomic E-state index is 13.0. The Kier molecular flexibility index (Phi) is 3.43. The molecule has 0 N–H and O–H groups in total. The van der Waals surface area contributed by atoms with Crippen LogP contribution in [-0.4, -0.2) is 14.8 Å². The van der Waals surface area contributed by atoms with Crippen molar-refractivity contribution < 1.29 is 13.2 Å². The molecule has 2 rings (SSSR count). The van der Waals surface area contributed by atoms with Crippen LogP contribution in [0.3, 0.4) is 0 Å². The maximum Gasteiger partial charge on any atom is 0.417 e. The zero-order valence-electron chi connectivity index (χ0n) is 9.37. The lowest BCUT2D eigenvalue weighted by Gasteiger charge is -2.13. The van der Waals surface area contributed by atoms with Gasteiger partial charge in [0.1, 0.15) is 6.33 Å². The number of alkyl halides is 3. The van der Waals surface area contributed by atoms with Crippen molar-refractivity contribution in [2.24, 2.45) is 0 Å². The third-order valence-corrected chi connectivity index (χ3v) is 2.98. The largest absolute Gasteiger partial charge is 0.417 e. The van der Waals surface area contributed by atoms with Crippen LogP contribution in [0.4, 0.5) is 13.2 Å². The van der Waals surface area contributed by atoms with Crippen LogP contribution >= 0.6 is 15.9 Å². The van der Waals surface area contributed by atoms with E-state index in [0.29, 0.717) is 11.0 Å². The first-order valence-electron chi connectivity index (χ1n) is 5.18. The van der Waals surface area contributed by atoms with Crippen LogP contribution in [-0.2, 0) is 12.7 Å². The molecule has 0 spiro atoms.